The van der Waals surface area contributed by atoms with E-state index in [4.69, 9.17) is 5.73 Å². The number of ketones is 1. The summed E-state index contributed by atoms with van der Waals surface area (Å²) in [6, 6.07) is -0.506. The molecule has 19 heavy (non-hydrogen) atoms. The van der Waals surface area contributed by atoms with Crippen LogP contribution in [0.1, 0.15) is 69.9 Å². The van der Waals surface area contributed by atoms with Crippen LogP contribution in [0.3, 0.4) is 0 Å². The highest BCUT2D eigenvalue weighted by Gasteiger charge is 2.16. The lowest BCUT2D eigenvalue weighted by Gasteiger charge is -2.08. The molecule has 2 N–H and O–H groups in total. The second-order valence-corrected chi connectivity index (χ2v) is 5.26. The lowest BCUT2D eigenvalue weighted by atomic mass is 10.0. The molecule has 0 saturated heterocycles. The molecule has 1 aromatic heterocycles. The van der Waals surface area contributed by atoms with Gasteiger partial charge in [0.05, 0.1) is 12.2 Å². The van der Waals surface area contributed by atoms with Crippen molar-refractivity contribution in [3.8, 4) is 0 Å². The summed E-state index contributed by atoms with van der Waals surface area (Å²) in [6.07, 6.45) is 12.6. The third-order valence-electron chi connectivity index (χ3n) is 3.46. The molecule has 4 heteroatoms. The SMILES string of the molecule is CCCCCCCCCC(=O)C(N)c1cnn(C)c1. The number of carbonyl (C=O) groups is 1. The highest BCUT2D eigenvalue weighted by Crippen LogP contribution is 2.14. The Morgan fingerprint density at radius 2 is 1.89 bits per heavy atom. The summed E-state index contributed by atoms with van der Waals surface area (Å²) >= 11 is 0. The maximum atomic E-state index is 11.9. The number of nitrogens with zero attached hydrogens (tertiary/aromatic N) is 2. The van der Waals surface area contributed by atoms with Crippen LogP contribution in [0.2, 0.25) is 0 Å². The monoisotopic (exact) mass is 265 g/mol. The normalized spacial score (nSPS) is 12.6. The summed E-state index contributed by atoms with van der Waals surface area (Å²) < 4.78 is 1.68. The van der Waals surface area contributed by atoms with E-state index in [1.165, 1.54) is 32.1 Å². The van der Waals surface area contributed by atoms with Crippen molar-refractivity contribution in [3.05, 3.63) is 18.0 Å². The van der Waals surface area contributed by atoms with Gasteiger partial charge in [0.15, 0.2) is 5.78 Å². The Morgan fingerprint density at radius 3 is 2.47 bits per heavy atom. The van der Waals surface area contributed by atoms with Gasteiger partial charge < -0.3 is 5.73 Å². The molecule has 1 heterocycles. The highest BCUT2D eigenvalue weighted by atomic mass is 16.1. The van der Waals surface area contributed by atoms with Crippen molar-refractivity contribution in [3.63, 3.8) is 0 Å². The number of Topliss-reactive ketones (excluding diaryl/α,β-unsaturated/α-hetero) is 1. The van der Waals surface area contributed by atoms with Crippen molar-refractivity contribution in [2.24, 2.45) is 12.8 Å². The zero-order valence-electron chi connectivity index (χ0n) is 12.3. The van der Waals surface area contributed by atoms with Crippen LogP contribution in [-0.2, 0) is 11.8 Å². The van der Waals surface area contributed by atoms with E-state index in [1.54, 1.807) is 10.9 Å². The fourth-order valence-corrected chi connectivity index (χ4v) is 2.20. The van der Waals surface area contributed by atoms with Gasteiger partial charge in [-0.3, -0.25) is 9.48 Å². The van der Waals surface area contributed by atoms with Crippen molar-refractivity contribution >= 4 is 5.78 Å². The quantitative estimate of drug-likeness (QED) is 0.661. The number of aromatic nitrogens is 2. The molecule has 1 aromatic rings. The van der Waals surface area contributed by atoms with Gasteiger partial charge in [0.25, 0.3) is 0 Å². The highest BCUT2D eigenvalue weighted by molar-refractivity contribution is 5.84. The molecule has 1 rings (SSSR count). The Bertz CT molecular complexity index is 373. The standard InChI is InChI=1S/C15H27N3O/c1-3-4-5-6-7-8-9-10-14(19)15(16)13-11-17-18(2)12-13/h11-12,15H,3-10,16H2,1-2H3. The maximum Gasteiger partial charge on any atom is 0.154 e. The van der Waals surface area contributed by atoms with Crippen molar-refractivity contribution < 1.29 is 4.79 Å². The number of aryl methyl sites for hydroxylation is 1. The van der Waals surface area contributed by atoms with E-state index in [2.05, 4.69) is 12.0 Å². The van der Waals surface area contributed by atoms with E-state index < -0.39 is 6.04 Å². The van der Waals surface area contributed by atoms with Crippen LogP contribution in [0, 0.1) is 0 Å². The second kappa shape index (κ2) is 8.86. The van der Waals surface area contributed by atoms with Crippen molar-refractivity contribution in [1.29, 1.82) is 0 Å². The molecule has 1 atom stereocenters. The Hall–Kier alpha value is -1.16. The van der Waals surface area contributed by atoms with Gasteiger partial charge in [-0.15, -0.1) is 0 Å². The molecule has 0 radical (unpaired) electrons. The summed E-state index contributed by atoms with van der Waals surface area (Å²) in [5.74, 6) is 0.126. The van der Waals surface area contributed by atoms with Crippen LogP contribution in [0.15, 0.2) is 12.4 Å². The molecule has 0 aromatic carbocycles. The molecule has 0 aliphatic carbocycles. The molecule has 0 fully saturated rings. The third-order valence-corrected chi connectivity index (χ3v) is 3.46. The van der Waals surface area contributed by atoms with E-state index in [0.29, 0.717) is 6.42 Å². The van der Waals surface area contributed by atoms with Crippen LogP contribution in [0.25, 0.3) is 0 Å². The van der Waals surface area contributed by atoms with Crippen molar-refractivity contribution in [2.45, 2.75) is 64.3 Å². The number of nitrogens with two attached hydrogens (primary N) is 1. The fourth-order valence-electron chi connectivity index (χ4n) is 2.20. The first-order valence-electron chi connectivity index (χ1n) is 7.42. The minimum Gasteiger partial charge on any atom is -0.318 e. The lowest BCUT2D eigenvalue weighted by molar-refractivity contribution is -0.120. The molecule has 0 amide bonds. The molecule has 4 nitrogen and oxygen atoms in total. The molecular formula is C15H27N3O. The van der Waals surface area contributed by atoms with Crippen molar-refractivity contribution in [1.82, 2.24) is 9.78 Å². The predicted octanol–water partition coefficient (Wildman–Crippen LogP) is 3.13. The number of carbonyl (C=O) groups excluding carboxylic acids is 1. The first-order valence-corrected chi connectivity index (χ1v) is 7.42. The molecule has 0 saturated carbocycles. The third kappa shape index (κ3) is 6.01. The van der Waals surface area contributed by atoms with Crippen LogP contribution in [0.5, 0.6) is 0 Å². The minimum absolute atomic E-state index is 0.126. The summed E-state index contributed by atoms with van der Waals surface area (Å²) in [6.45, 7) is 2.22. The van der Waals surface area contributed by atoms with Crippen LogP contribution in [-0.4, -0.2) is 15.6 Å². The lowest BCUT2D eigenvalue weighted by Crippen LogP contribution is -2.20. The molecule has 0 aliphatic heterocycles. The average molecular weight is 265 g/mol. The number of rotatable bonds is 10. The number of hydrogen-bond acceptors (Lipinski definition) is 3. The first kappa shape index (κ1) is 15.9. The Labute approximate surface area is 116 Å². The molecule has 0 spiro atoms. The Morgan fingerprint density at radius 1 is 1.26 bits per heavy atom. The van der Waals surface area contributed by atoms with Crippen molar-refractivity contribution in [2.75, 3.05) is 0 Å². The van der Waals surface area contributed by atoms with Gasteiger partial charge >= 0.3 is 0 Å². The first-order chi connectivity index (χ1) is 9.15. The van der Waals surface area contributed by atoms with Crippen LogP contribution >= 0.6 is 0 Å². The van der Waals surface area contributed by atoms with Gasteiger partial charge in [0.1, 0.15) is 0 Å². The largest absolute Gasteiger partial charge is 0.318 e. The zero-order chi connectivity index (χ0) is 14.1. The van der Waals surface area contributed by atoms with Crippen LogP contribution < -0.4 is 5.73 Å². The van der Waals surface area contributed by atoms with Gasteiger partial charge in [-0.25, -0.2) is 0 Å². The van der Waals surface area contributed by atoms with Gasteiger partial charge in [-0.2, -0.15) is 5.10 Å². The predicted molar refractivity (Wildman–Crippen MR) is 77.8 cm³/mol. The average Bonchev–Trinajstić information content (AvgIpc) is 2.83. The van der Waals surface area contributed by atoms with Crippen LogP contribution in [0.4, 0.5) is 0 Å². The fraction of sp³-hybridized carbons (Fsp3) is 0.733. The van der Waals surface area contributed by atoms with E-state index in [-0.39, 0.29) is 5.78 Å². The molecule has 1 unspecified atom stereocenters. The van der Waals surface area contributed by atoms with E-state index >= 15 is 0 Å². The summed E-state index contributed by atoms with van der Waals surface area (Å²) in [4.78, 5) is 11.9. The molecule has 0 aliphatic rings. The van der Waals surface area contributed by atoms with E-state index in [9.17, 15) is 4.79 Å². The van der Waals surface area contributed by atoms with E-state index in [1.807, 2.05) is 13.2 Å². The Balaban J connectivity index is 2.14. The van der Waals surface area contributed by atoms with Gasteiger partial charge in [-0.1, -0.05) is 45.4 Å². The smallest absolute Gasteiger partial charge is 0.154 e. The summed E-state index contributed by atoms with van der Waals surface area (Å²) in [7, 11) is 1.83. The Kier molecular flexibility index (Phi) is 7.41. The molecule has 0 bridgehead atoms. The van der Waals surface area contributed by atoms with E-state index in [0.717, 1.165) is 18.4 Å². The molecule has 108 valence electrons. The van der Waals surface area contributed by atoms with Gasteiger partial charge in [0.2, 0.25) is 0 Å². The zero-order valence-corrected chi connectivity index (χ0v) is 12.3. The second-order valence-electron chi connectivity index (χ2n) is 5.26. The van der Waals surface area contributed by atoms with Gasteiger partial charge in [0, 0.05) is 25.2 Å². The molecular weight excluding hydrogens is 238 g/mol. The minimum atomic E-state index is -0.506. The van der Waals surface area contributed by atoms with Gasteiger partial charge in [-0.05, 0) is 6.42 Å². The maximum absolute atomic E-state index is 11.9. The number of unbranched alkanes of at least 4 members (excludes halogenated alkanes) is 6. The summed E-state index contributed by atoms with van der Waals surface area (Å²) in [5.41, 5.74) is 6.74. The number of hydrogen-bond donors (Lipinski definition) is 1. The summed E-state index contributed by atoms with van der Waals surface area (Å²) in [5, 5.41) is 4.04. The topological polar surface area (TPSA) is 60.9 Å².